The molecule has 0 aliphatic heterocycles. The molecule has 1 N–H and O–H groups in total. The number of nitrogens with one attached hydrogen (secondary N) is 1. The van der Waals surface area contributed by atoms with Crippen molar-refractivity contribution < 1.29 is 18.8 Å². The van der Waals surface area contributed by atoms with E-state index in [4.69, 9.17) is 16.3 Å². The number of pyridine rings is 1. The molecule has 1 aromatic carbocycles. The Bertz CT molecular complexity index is 739. The molecule has 9 heteroatoms. The molecule has 0 bridgehead atoms. The number of rotatable bonds is 5. The highest BCUT2D eigenvalue weighted by atomic mass is 35.5. The summed E-state index contributed by atoms with van der Waals surface area (Å²) in [5.74, 6) is -1.40. The van der Waals surface area contributed by atoms with Crippen molar-refractivity contribution >= 4 is 29.0 Å². The van der Waals surface area contributed by atoms with Gasteiger partial charge >= 0.3 is 5.69 Å². The van der Waals surface area contributed by atoms with E-state index >= 15 is 0 Å². The van der Waals surface area contributed by atoms with Gasteiger partial charge in [-0.25, -0.2) is 9.37 Å². The molecule has 7 nitrogen and oxygen atoms in total. The Balaban J connectivity index is 2.10. The van der Waals surface area contributed by atoms with Crippen molar-refractivity contribution in [1.29, 1.82) is 0 Å². The van der Waals surface area contributed by atoms with Gasteiger partial charge in [0.2, 0.25) is 5.75 Å². The number of ether oxygens (including phenoxy) is 1. The Kier molecular flexibility index (Phi) is 5.07. The second kappa shape index (κ2) is 7.01. The predicted molar refractivity (Wildman–Crippen MR) is 81.0 cm³/mol. The van der Waals surface area contributed by atoms with E-state index in [9.17, 15) is 19.3 Å². The van der Waals surface area contributed by atoms with Gasteiger partial charge < -0.3 is 10.1 Å². The van der Waals surface area contributed by atoms with E-state index in [-0.39, 0.29) is 11.6 Å². The number of hydrogen-bond donors (Lipinski definition) is 1. The van der Waals surface area contributed by atoms with Gasteiger partial charge in [-0.2, -0.15) is 0 Å². The van der Waals surface area contributed by atoms with E-state index in [0.717, 1.165) is 18.2 Å². The Labute approximate surface area is 135 Å². The molecule has 0 saturated carbocycles. The number of carbonyl (C=O) groups excluding carboxylic acids is 1. The molecular weight excluding hydrogens is 329 g/mol. The zero-order valence-corrected chi connectivity index (χ0v) is 12.6. The number of anilines is 1. The van der Waals surface area contributed by atoms with Crippen LogP contribution in [-0.2, 0) is 4.79 Å². The number of nitro benzene ring substituents is 1. The van der Waals surface area contributed by atoms with E-state index in [2.05, 4.69) is 10.3 Å². The maximum Gasteiger partial charge on any atom is 0.311 e. The first-order chi connectivity index (χ1) is 10.9. The molecule has 23 heavy (non-hydrogen) atoms. The lowest BCUT2D eigenvalue weighted by Crippen LogP contribution is -2.30. The van der Waals surface area contributed by atoms with Gasteiger partial charge in [-0.05, 0) is 25.1 Å². The maximum atomic E-state index is 13.2. The van der Waals surface area contributed by atoms with Gasteiger partial charge in [0.15, 0.2) is 6.10 Å². The van der Waals surface area contributed by atoms with Gasteiger partial charge in [-0.3, -0.25) is 14.9 Å². The van der Waals surface area contributed by atoms with E-state index in [0.29, 0.717) is 5.02 Å². The second-order valence-corrected chi connectivity index (χ2v) is 4.92. The molecule has 1 atom stereocenters. The fourth-order valence-electron chi connectivity index (χ4n) is 1.65. The molecule has 1 heterocycles. The summed E-state index contributed by atoms with van der Waals surface area (Å²) in [5, 5.41) is 13.7. The Morgan fingerprint density at radius 1 is 1.43 bits per heavy atom. The van der Waals surface area contributed by atoms with Crippen LogP contribution >= 0.6 is 11.6 Å². The number of carbonyl (C=O) groups is 1. The van der Waals surface area contributed by atoms with Crippen LogP contribution < -0.4 is 10.1 Å². The minimum absolute atomic E-state index is 0.239. The normalized spacial score (nSPS) is 11.6. The number of benzene rings is 1. The van der Waals surface area contributed by atoms with Gasteiger partial charge in [0, 0.05) is 18.3 Å². The molecule has 1 amide bonds. The van der Waals surface area contributed by atoms with Crippen LogP contribution in [0, 0.1) is 15.9 Å². The molecule has 120 valence electrons. The molecule has 1 aromatic heterocycles. The van der Waals surface area contributed by atoms with Crippen molar-refractivity contribution in [3.63, 3.8) is 0 Å². The Hall–Kier alpha value is -2.74. The van der Waals surface area contributed by atoms with Crippen molar-refractivity contribution in [3.8, 4) is 5.75 Å². The molecule has 0 spiro atoms. The molecule has 0 radical (unpaired) electrons. The lowest BCUT2D eigenvalue weighted by atomic mass is 10.2. The number of halogens is 2. The summed E-state index contributed by atoms with van der Waals surface area (Å²) in [6.07, 6.45) is 0.244. The lowest BCUT2D eigenvalue weighted by Gasteiger charge is -2.14. The van der Waals surface area contributed by atoms with E-state index < -0.39 is 28.4 Å². The summed E-state index contributed by atoms with van der Waals surface area (Å²) in [6.45, 7) is 1.37. The van der Waals surface area contributed by atoms with Crippen molar-refractivity contribution in [1.82, 2.24) is 4.98 Å². The van der Waals surface area contributed by atoms with Crippen LogP contribution in [0.5, 0.6) is 5.75 Å². The molecule has 0 aliphatic carbocycles. The summed E-state index contributed by atoms with van der Waals surface area (Å²) < 4.78 is 18.4. The van der Waals surface area contributed by atoms with Crippen LogP contribution in [0.2, 0.25) is 5.02 Å². The van der Waals surface area contributed by atoms with Crippen LogP contribution in [0.1, 0.15) is 6.92 Å². The first-order valence-corrected chi connectivity index (χ1v) is 6.77. The summed E-state index contributed by atoms with van der Waals surface area (Å²) >= 11 is 5.68. The predicted octanol–water partition coefficient (Wildman–Crippen LogP) is 3.19. The summed E-state index contributed by atoms with van der Waals surface area (Å²) in [7, 11) is 0. The van der Waals surface area contributed by atoms with Crippen molar-refractivity contribution in [2.75, 3.05) is 5.32 Å². The average Bonchev–Trinajstić information content (AvgIpc) is 2.49. The fourth-order valence-corrected chi connectivity index (χ4v) is 1.77. The zero-order valence-electron chi connectivity index (χ0n) is 11.8. The highest BCUT2D eigenvalue weighted by molar-refractivity contribution is 6.30. The number of nitro groups is 1. The third kappa shape index (κ3) is 4.36. The minimum atomic E-state index is -1.10. The molecular formula is C14H11ClFN3O4. The quantitative estimate of drug-likeness (QED) is 0.666. The SMILES string of the molecule is C[C@@H](Oc1cc(F)ccc1[N+](=O)[O-])C(=O)Nc1ccc(Cl)cn1. The van der Waals surface area contributed by atoms with E-state index in [1.807, 2.05) is 0 Å². The number of aromatic nitrogens is 1. The maximum absolute atomic E-state index is 13.2. The molecule has 0 unspecified atom stereocenters. The van der Waals surface area contributed by atoms with E-state index in [1.165, 1.54) is 25.3 Å². The van der Waals surface area contributed by atoms with Crippen molar-refractivity contribution in [2.45, 2.75) is 13.0 Å². The standard InChI is InChI=1S/C14H11ClFN3O4/c1-8(14(20)18-13-5-2-9(15)7-17-13)23-12-6-10(16)3-4-11(12)19(21)22/h2-8H,1H3,(H,17,18,20)/t8-/m1/s1. The van der Waals surface area contributed by atoms with Gasteiger partial charge in [0.05, 0.1) is 9.95 Å². The number of nitrogens with zero attached hydrogens (tertiary/aromatic N) is 2. The highest BCUT2D eigenvalue weighted by Gasteiger charge is 2.22. The highest BCUT2D eigenvalue weighted by Crippen LogP contribution is 2.28. The Morgan fingerprint density at radius 2 is 2.17 bits per heavy atom. The second-order valence-electron chi connectivity index (χ2n) is 4.48. The lowest BCUT2D eigenvalue weighted by molar-refractivity contribution is -0.386. The van der Waals surface area contributed by atoms with Crippen LogP contribution in [0.25, 0.3) is 0 Å². The first-order valence-electron chi connectivity index (χ1n) is 6.40. The van der Waals surface area contributed by atoms with E-state index in [1.54, 1.807) is 0 Å². The topological polar surface area (TPSA) is 94.4 Å². The van der Waals surface area contributed by atoms with Crippen LogP contribution in [0.3, 0.4) is 0 Å². The summed E-state index contributed by atoms with van der Waals surface area (Å²) in [4.78, 5) is 26.0. The smallest absolute Gasteiger partial charge is 0.311 e. The largest absolute Gasteiger partial charge is 0.474 e. The number of amides is 1. The van der Waals surface area contributed by atoms with Crippen LogP contribution in [0.4, 0.5) is 15.9 Å². The third-order valence-electron chi connectivity index (χ3n) is 2.77. The summed E-state index contributed by atoms with van der Waals surface area (Å²) in [6, 6.07) is 5.77. The molecule has 0 aliphatic rings. The molecule has 2 rings (SSSR count). The van der Waals surface area contributed by atoms with Crippen molar-refractivity contribution in [2.24, 2.45) is 0 Å². The first kappa shape index (κ1) is 16.6. The van der Waals surface area contributed by atoms with Gasteiger partial charge in [0.25, 0.3) is 5.91 Å². The molecule has 2 aromatic rings. The third-order valence-corrected chi connectivity index (χ3v) is 2.99. The van der Waals surface area contributed by atoms with Crippen LogP contribution in [-0.4, -0.2) is 21.9 Å². The summed E-state index contributed by atoms with van der Waals surface area (Å²) in [5.41, 5.74) is -0.435. The average molecular weight is 340 g/mol. The molecule has 0 fully saturated rings. The van der Waals surface area contributed by atoms with Crippen molar-refractivity contribution in [3.05, 3.63) is 57.5 Å². The van der Waals surface area contributed by atoms with Gasteiger partial charge in [-0.1, -0.05) is 11.6 Å². The Morgan fingerprint density at radius 3 is 2.78 bits per heavy atom. The minimum Gasteiger partial charge on any atom is -0.474 e. The van der Waals surface area contributed by atoms with Gasteiger partial charge in [-0.15, -0.1) is 0 Å². The zero-order chi connectivity index (χ0) is 17.0. The van der Waals surface area contributed by atoms with Gasteiger partial charge in [0.1, 0.15) is 11.6 Å². The van der Waals surface area contributed by atoms with Crippen LogP contribution in [0.15, 0.2) is 36.5 Å². The molecule has 0 saturated heterocycles. The number of hydrogen-bond acceptors (Lipinski definition) is 5. The monoisotopic (exact) mass is 339 g/mol. The fraction of sp³-hybridized carbons (Fsp3) is 0.143.